The highest BCUT2D eigenvalue weighted by molar-refractivity contribution is 7.99. The van der Waals surface area contributed by atoms with Gasteiger partial charge in [0.1, 0.15) is 22.2 Å². The highest BCUT2D eigenvalue weighted by Crippen LogP contribution is 2.36. The van der Waals surface area contributed by atoms with Crippen molar-refractivity contribution >= 4 is 47.5 Å². The number of benzene rings is 1. The number of nitrogens with one attached hydrogen (secondary N) is 1. The number of fused-ring (bicyclic) bond motifs is 1. The Labute approximate surface area is 175 Å². The van der Waals surface area contributed by atoms with E-state index in [2.05, 4.69) is 20.5 Å². The number of hydrazone groups is 1. The van der Waals surface area contributed by atoms with Crippen molar-refractivity contribution in [3.8, 4) is 0 Å². The van der Waals surface area contributed by atoms with Gasteiger partial charge in [-0.2, -0.15) is 5.10 Å². The van der Waals surface area contributed by atoms with E-state index in [4.69, 9.17) is 23.2 Å². The van der Waals surface area contributed by atoms with Crippen LogP contribution in [-0.4, -0.2) is 41.0 Å². The van der Waals surface area contributed by atoms with Crippen molar-refractivity contribution in [2.75, 3.05) is 13.6 Å². The number of hydrogen-bond donors (Lipinski definition) is 1. The lowest BCUT2D eigenvalue weighted by atomic mass is 10.1. The van der Waals surface area contributed by atoms with Crippen LogP contribution in [0.3, 0.4) is 0 Å². The van der Waals surface area contributed by atoms with E-state index in [9.17, 15) is 9.18 Å². The second kappa shape index (κ2) is 9.36. The number of hydrogen-bond acceptors (Lipinski definition) is 7. The SMILES string of the molecule is CN/N=C\C(=C(\Cl)C=O)N1CCc2c(ncnc2Sc2ccc(F)cc2Cl)C1. The first-order valence-electron chi connectivity index (χ1n) is 8.28. The molecule has 2 heterocycles. The first-order valence-corrected chi connectivity index (χ1v) is 9.86. The van der Waals surface area contributed by atoms with E-state index in [0.717, 1.165) is 21.2 Å². The fraction of sp³-hybridized carbons (Fsp3) is 0.222. The molecule has 6 nitrogen and oxygen atoms in total. The van der Waals surface area contributed by atoms with E-state index in [1.807, 2.05) is 4.90 Å². The third-order valence-electron chi connectivity index (χ3n) is 4.07. The fourth-order valence-corrected chi connectivity index (χ4v) is 4.16. The molecule has 10 heteroatoms. The van der Waals surface area contributed by atoms with Gasteiger partial charge in [-0.1, -0.05) is 35.0 Å². The molecule has 0 unspecified atom stereocenters. The third kappa shape index (κ3) is 4.63. The number of allylic oxidation sites excluding steroid dienone is 2. The summed E-state index contributed by atoms with van der Waals surface area (Å²) in [7, 11) is 1.66. The number of rotatable bonds is 6. The summed E-state index contributed by atoms with van der Waals surface area (Å²) < 4.78 is 13.3. The van der Waals surface area contributed by atoms with Crippen molar-refractivity contribution in [1.29, 1.82) is 0 Å². The lowest BCUT2D eigenvalue weighted by molar-refractivity contribution is -0.104. The molecular formula is C18H16Cl2FN5OS. The summed E-state index contributed by atoms with van der Waals surface area (Å²) in [4.78, 5) is 22.6. The molecule has 3 rings (SSSR count). The fourth-order valence-electron chi connectivity index (χ4n) is 2.76. The lowest BCUT2D eigenvalue weighted by Gasteiger charge is -2.31. The van der Waals surface area contributed by atoms with Crippen molar-refractivity contribution in [2.24, 2.45) is 5.10 Å². The molecule has 0 spiro atoms. The molecule has 1 aromatic carbocycles. The van der Waals surface area contributed by atoms with E-state index in [0.29, 0.717) is 36.5 Å². The Balaban J connectivity index is 1.88. The summed E-state index contributed by atoms with van der Waals surface area (Å²) in [6.45, 7) is 1.07. The Hall–Kier alpha value is -2.16. The number of aldehydes is 1. The van der Waals surface area contributed by atoms with Crippen LogP contribution >= 0.6 is 35.0 Å². The van der Waals surface area contributed by atoms with Gasteiger partial charge >= 0.3 is 0 Å². The Morgan fingerprint density at radius 2 is 2.25 bits per heavy atom. The van der Waals surface area contributed by atoms with Crippen molar-refractivity contribution in [1.82, 2.24) is 20.3 Å². The van der Waals surface area contributed by atoms with Gasteiger partial charge in [0.25, 0.3) is 0 Å². The minimum Gasteiger partial charge on any atom is -0.363 e. The van der Waals surface area contributed by atoms with E-state index in [1.54, 1.807) is 13.1 Å². The molecule has 28 heavy (non-hydrogen) atoms. The van der Waals surface area contributed by atoms with Crippen molar-refractivity contribution in [2.45, 2.75) is 22.9 Å². The van der Waals surface area contributed by atoms with E-state index in [-0.39, 0.29) is 10.8 Å². The Kier molecular flexibility index (Phi) is 6.88. The van der Waals surface area contributed by atoms with Gasteiger partial charge in [0.15, 0.2) is 6.29 Å². The molecular weight excluding hydrogens is 424 g/mol. The number of carbonyl (C=O) groups excluding carboxylic acids is 1. The molecule has 1 N–H and O–H groups in total. The summed E-state index contributed by atoms with van der Waals surface area (Å²) in [5, 5.41) is 5.14. The largest absolute Gasteiger partial charge is 0.363 e. The molecule has 0 saturated heterocycles. The Morgan fingerprint density at radius 3 is 2.96 bits per heavy atom. The molecule has 1 aliphatic rings. The quantitative estimate of drug-likeness (QED) is 0.243. The van der Waals surface area contributed by atoms with Gasteiger partial charge in [0.2, 0.25) is 0 Å². The molecule has 0 saturated carbocycles. The van der Waals surface area contributed by atoms with Crippen LogP contribution in [-0.2, 0) is 17.8 Å². The number of aromatic nitrogens is 2. The second-order valence-corrected chi connectivity index (χ2v) is 7.63. The van der Waals surface area contributed by atoms with Gasteiger partial charge in [0.05, 0.1) is 29.2 Å². The predicted octanol–water partition coefficient (Wildman–Crippen LogP) is 3.63. The zero-order valence-electron chi connectivity index (χ0n) is 14.8. The molecule has 146 valence electrons. The lowest BCUT2D eigenvalue weighted by Crippen LogP contribution is -2.32. The number of nitrogens with zero attached hydrogens (tertiary/aromatic N) is 4. The van der Waals surface area contributed by atoms with Gasteiger partial charge in [-0.3, -0.25) is 4.79 Å². The average Bonchev–Trinajstić information content (AvgIpc) is 2.70. The maximum Gasteiger partial charge on any atom is 0.163 e. The summed E-state index contributed by atoms with van der Waals surface area (Å²) in [6, 6.07) is 4.27. The van der Waals surface area contributed by atoms with Crippen LogP contribution in [0.5, 0.6) is 0 Å². The molecule has 0 aliphatic carbocycles. The molecule has 1 aromatic heterocycles. The molecule has 0 bridgehead atoms. The third-order valence-corrected chi connectivity index (χ3v) is 5.90. The number of carbonyl (C=O) groups is 1. The van der Waals surface area contributed by atoms with Crippen molar-refractivity contribution in [3.63, 3.8) is 0 Å². The van der Waals surface area contributed by atoms with Crippen LogP contribution in [0, 0.1) is 5.82 Å². The highest BCUT2D eigenvalue weighted by Gasteiger charge is 2.24. The minimum atomic E-state index is -0.385. The van der Waals surface area contributed by atoms with Crippen LogP contribution < -0.4 is 5.43 Å². The minimum absolute atomic E-state index is 0.0733. The second-order valence-electron chi connectivity index (χ2n) is 5.79. The Bertz CT molecular complexity index is 954. The highest BCUT2D eigenvalue weighted by atomic mass is 35.5. The maximum atomic E-state index is 13.3. The van der Waals surface area contributed by atoms with E-state index in [1.165, 1.54) is 36.4 Å². The van der Waals surface area contributed by atoms with Crippen LogP contribution in [0.15, 0.2) is 50.3 Å². The zero-order valence-corrected chi connectivity index (χ0v) is 17.2. The van der Waals surface area contributed by atoms with Crippen LogP contribution in [0.4, 0.5) is 4.39 Å². The van der Waals surface area contributed by atoms with Crippen molar-refractivity contribution in [3.05, 3.63) is 57.4 Å². The van der Waals surface area contributed by atoms with E-state index >= 15 is 0 Å². The molecule has 0 fully saturated rings. The summed E-state index contributed by atoms with van der Waals surface area (Å²) in [6.07, 6.45) is 4.23. The smallest absolute Gasteiger partial charge is 0.163 e. The van der Waals surface area contributed by atoms with Crippen molar-refractivity contribution < 1.29 is 9.18 Å². The standard InChI is InChI=1S/C18H16Cl2FN5OS/c1-22-25-7-16(14(20)9-27)26-5-4-12-15(8-26)23-10-24-18(12)28-17-3-2-11(21)6-13(17)19/h2-3,6-7,9-10,22H,4-5,8H2,1H3/b16-14-,25-7-. The molecule has 0 amide bonds. The normalized spacial score (nSPS) is 14.6. The summed E-state index contributed by atoms with van der Waals surface area (Å²) >= 11 is 13.6. The van der Waals surface area contributed by atoms with Gasteiger partial charge in [-0.05, 0) is 24.6 Å². The maximum absolute atomic E-state index is 13.3. The van der Waals surface area contributed by atoms with Gasteiger partial charge in [-0.15, -0.1) is 0 Å². The van der Waals surface area contributed by atoms with Crippen LogP contribution in [0.25, 0.3) is 0 Å². The topological polar surface area (TPSA) is 70.5 Å². The van der Waals surface area contributed by atoms with Gasteiger partial charge < -0.3 is 10.3 Å². The average molecular weight is 440 g/mol. The van der Waals surface area contributed by atoms with Gasteiger partial charge in [-0.25, -0.2) is 14.4 Å². The first kappa shape index (κ1) is 20.6. The van der Waals surface area contributed by atoms with Gasteiger partial charge in [0, 0.05) is 24.1 Å². The molecule has 0 atom stereocenters. The van der Waals surface area contributed by atoms with Crippen LogP contribution in [0.1, 0.15) is 11.3 Å². The summed E-state index contributed by atoms with van der Waals surface area (Å²) in [5.74, 6) is -0.385. The zero-order chi connectivity index (χ0) is 20.1. The molecule has 0 radical (unpaired) electrons. The molecule has 2 aromatic rings. The Morgan fingerprint density at radius 1 is 1.43 bits per heavy atom. The predicted molar refractivity (Wildman–Crippen MR) is 108 cm³/mol. The first-order chi connectivity index (χ1) is 13.5. The number of halogens is 3. The van der Waals surface area contributed by atoms with Crippen LogP contribution in [0.2, 0.25) is 5.02 Å². The molecule has 1 aliphatic heterocycles. The summed E-state index contributed by atoms with van der Waals surface area (Å²) in [5.41, 5.74) is 4.99. The van der Waals surface area contributed by atoms with E-state index < -0.39 is 0 Å². The monoisotopic (exact) mass is 439 g/mol.